The highest BCUT2D eigenvalue weighted by atomic mass is 35.5. The Hall–Kier alpha value is -2.53. The lowest BCUT2D eigenvalue weighted by Gasteiger charge is -2.08. The zero-order valence-electron chi connectivity index (χ0n) is 15.0. The Labute approximate surface area is 159 Å². The highest BCUT2D eigenvalue weighted by molar-refractivity contribution is 6.30. The predicted molar refractivity (Wildman–Crippen MR) is 105 cm³/mol. The molecule has 0 heterocycles. The SMILES string of the molecule is CCCOc1ccc(C(=O)N/N=C/c2cc(Cl)ccc2OCCC)cc1. The summed E-state index contributed by atoms with van der Waals surface area (Å²) in [6.07, 6.45) is 3.35. The molecule has 0 aliphatic rings. The van der Waals surface area contributed by atoms with Gasteiger partial charge >= 0.3 is 0 Å². The Kier molecular flexibility index (Phi) is 7.96. The maximum absolute atomic E-state index is 12.2. The lowest BCUT2D eigenvalue weighted by Crippen LogP contribution is -2.17. The number of hydrogen-bond acceptors (Lipinski definition) is 4. The number of hydrogen-bond donors (Lipinski definition) is 1. The molecule has 138 valence electrons. The van der Waals surface area contributed by atoms with Crippen LogP contribution in [0.1, 0.15) is 42.6 Å². The van der Waals surface area contributed by atoms with Gasteiger partial charge in [-0.2, -0.15) is 5.10 Å². The van der Waals surface area contributed by atoms with E-state index < -0.39 is 0 Å². The van der Waals surface area contributed by atoms with Gasteiger partial charge in [0.15, 0.2) is 0 Å². The van der Waals surface area contributed by atoms with E-state index in [9.17, 15) is 4.79 Å². The van der Waals surface area contributed by atoms with Crippen molar-refractivity contribution in [3.63, 3.8) is 0 Å². The molecule has 2 aromatic carbocycles. The van der Waals surface area contributed by atoms with Crippen molar-refractivity contribution in [3.8, 4) is 11.5 Å². The third-order valence-corrected chi connectivity index (χ3v) is 3.63. The molecule has 0 saturated heterocycles. The van der Waals surface area contributed by atoms with E-state index in [4.69, 9.17) is 21.1 Å². The first-order valence-corrected chi connectivity index (χ1v) is 9.00. The average molecular weight is 375 g/mol. The number of hydrazone groups is 1. The van der Waals surface area contributed by atoms with Gasteiger partial charge in [-0.05, 0) is 55.3 Å². The Morgan fingerprint density at radius 2 is 1.77 bits per heavy atom. The Bertz CT molecular complexity index is 745. The number of halogens is 1. The van der Waals surface area contributed by atoms with E-state index in [0.29, 0.717) is 35.1 Å². The summed E-state index contributed by atoms with van der Waals surface area (Å²) in [5, 5.41) is 4.58. The quantitative estimate of drug-likeness (QED) is 0.512. The van der Waals surface area contributed by atoms with Crippen LogP contribution < -0.4 is 14.9 Å². The lowest BCUT2D eigenvalue weighted by molar-refractivity contribution is 0.0955. The zero-order valence-corrected chi connectivity index (χ0v) is 15.8. The molecule has 2 aromatic rings. The van der Waals surface area contributed by atoms with Crippen LogP contribution in [-0.4, -0.2) is 25.3 Å². The maximum Gasteiger partial charge on any atom is 0.271 e. The number of ether oxygens (including phenoxy) is 2. The van der Waals surface area contributed by atoms with Crippen LogP contribution in [0.3, 0.4) is 0 Å². The van der Waals surface area contributed by atoms with E-state index in [1.54, 1.807) is 42.5 Å². The summed E-state index contributed by atoms with van der Waals surface area (Å²) in [7, 11) is 0. The van der Waals surface area contributed by atoms with Gasteiger partial charge in [0.2, 0.25) is 0 Å². The van der Waals surface area contributed by atoms with E-state index in [-0.39, 0.29) is 5.91 Å². The molecular weight excluding hydrogens is 352 g/mol. The third-order valence-electron chi connectivity index (χ3n) is 3.39. The van der Waals surface area contributed by atoms with Crippen LogP contribution in [0.4, 0.5) is 0 Å². The minimum atomic E-state index is -0.304. The molecule has 1 N–H and O–H groups in total. The van der Waals surface area contributed by atoms with Gasteiger partial charge in [-0.25, -0.2) is 5.43 Å². The van der Waals surface area contributed by atoms with Gasteiger partial charge < -0.3 is 9.47 Å². The highest BCUT2D eigenvalue weighted by Gasteiger charge is 2.06. The van der Waals surface area contributed by atoms with Crippen molar-refractivity contribution >= 4 is 23.7 Å². The summed E-state index contributed by atoms with van der Waals surface area (Å²) in [6, 6.07) is 12.2. The van der Waals surface area contributed by atoms with Gasteiger partial charge in [0.25, 0.3) is 5.91 Å². The van der Waals surface area contributed by atoms with Gasteiger partial charge in [-0.3, -0.25) is 4.79 Å². The molecule has 26 heavy (non-hydrogen) atoms. The van der Waals surface area contributed by atoms with Gasteiger partial charge in [-0.15, -0.1) is 0 Å². The summed E-state index contributed by atoms with van der Waals surface area (Å²) in [5.74, 6) is 1.11. The van der Waals surface area contributed by atoms with Crippen molar-refractivity contribution in [1.29, 1.82) is 0 Å². The van der Waals surface area contributed by atoms with E-state index >= 15 is 0 Å². The molecule has 0 spiro atoms. The molecule has 0 atom stereocenters. The van der Waals surface area contributed by atoms with E-state index in [0.717, 1.165) is 18.6 Å². The normalized spacial score (nSPS) is 10.7. The Morgan fingerprint density at radius 3 is 2.46 bits per heavy atom. The molecule has 0 aliphatic heterocycles. The van der Waals surface area contributed by atoms with E-state index in [1.807, 2.05) is 13.8 Å². The first-order valence-electron chi connectivity index (χ1n) is 8.62. The topological polar surface area (TPSA) is 59.9 Å². The zero-order chi connectivity index (χ0) is 18.8. The Balaban J connectivity index is 1.99. The van der Waals surface area contributed by atoms with Crippen molar-refractivity contribution in [1.82, 2.24) is 5.43 Å². The molecule has 6 heteroatoms. The number of amides is 1. The van der Waals surface area contributed by atoms with E-state index in [1.165, 1.54) is 6.21 Å². The van der Waals surface area contributed by atoms with Crippen LogP contribution in [-0.2, 0) is 0 Å². The van der Waals surface area contributed by atoms with Crippen molar-refractivity contribution < 1.29 is 14.3 Å². The molecule has 0 saturated carbocycles. The fourth-order valence-electron chi connectivity index (χ4n) is 2.11. The van der Waals surface area contributed by atoms with Crippen LogP contribution in [0.15, 0.2) is 47.6 Å². The van der Waals surface area contributed by atoms with Crippen molar-refractivity contribution in [3.05, 3.63) is 58.6 Å². The second-order valence-electron chi connectivity index (χ2n) is 5.60. The lowest BCUT2D eigenvalue weighted by atomic mass is 10.2. The average Bonchev–Trinajstić information content (AvgIpc) is 2.66. The second kappa shape index (κ2) is 10.5. The molecule has 2 rings (SSSR count). The number of carbonyl (C=O) groups excluding carboxylic acids is 1. The van der Waals surface area contributed by atoms with Gasteiger partial charge in [0.1, 0.15) is 11.5 Å². The van der Waals surface area contributed by atoms with E-state index in [2.05, 4.69) is 10.5 Å². The Morgan fingerprint density at radius 1 is 1.08 bits per heavy atom. The second-order valence-corrected chi connectivity index (χ2v) is 6.04. The third kappa shape index (κ3) is 6.08. The van der Waals surface area contributed by atoms with Gasteiger partial charge in [0.05, 0.1) is 19.4 Å². The van der Waals surface area contributed by atoms with Crippen molar-refractivity contribution in [2.24, 2.45) is 5.10 Å². The number of rotatable bonds is 9. The van der Waals surface area contributed by atoms with Crippen LogP contribution in [0, 0.1) is 0 Å². The van der Waals surface area contributed by atoms with Crippen molar-refractivity contribution in [2.45, 2.75) is 26.7 Å². The summed E-state index contributed by atoms with van der Waals surface area (Å²) in [6.45, 7) is 5.32. The van der Waals surface area contributed by atoms with Crippen LogP contribution in [0.2, 0.25) is 5.02 Å². The molecule has 0 bridgehead atoms. The molecule has 0 fully saturated rings. The van der Waals surface area contributed by atoms with Crippen molar-refractivity contribution in [2.75, 3.05) is 13.2 Å². The number of benzene rings is 2. The summed E-state index contributed by atoms with van der Waals surface area (Å²) in [5.41, 5.74) is 3.71. The number of nitrogens with one attached hydrogen (secondary N) is 1. The van der Waals surface area contributed by atoms with Gasteiger partial charge in [-0.1, -0.05) is 25.4 Å². The summed E-state index contributed by atoms with van der Waals surface area (Å²) in [4.78, 5) is 12.2. The molecule has 1 amide bonds. The summed E-state index contributed by atoms with van der Waals surface area (Å²) >= 11 is 6.02. The molecular formula is C20H23ClN2O3. The fraction of sp³-hybridized carbons (Fsp3) is 0.300. The van der Waals surface area contributed by atoms with Crippen LogP contribution >= 0.6 is 11.6 Å². The number of carbonyl (C=O) groups is 1. The van der Waals surface area contributed by atoms with Crippen LogP contribution in [0.25, 0.3) is 0 Å². The van der Waals surface area contributed by atoms with Crippen LogP contribution in [0.5, 0.6) is 11.5 Å². The number of nitrogens with zero attached hydrogens (tertiary/aromatic N) is 1. The van der Waals surface area contributed by atoms with Gasteiger partial charge in [0, 0.05) is 16.1 Å². The molecule has 0 radical (unpaired) electrons. The molecule has 0 aromatic heterocycles. The maximum atomic E-state index is 12.2. The highest BCUT2D eigenvalue weighted by Crippen LogP contribution is 2.21. The minimum absolute atomic E-state index is 0.304. The molecule has 0 aliphatic carbocycles. The standard InChI is InChI=1S/C20H23ClN2O3/c1-3-11-25-18-8-5-15(6-9-18)20(24)23-22-14-16-13-17(21)7-10-19(16)26-12-4-2/h5-10,13-14H,3-4,11-12H2,1-2H3,(H,23,24)/b22-14+. The first kappa shape index (κ1) is 19.8. The summed E-state index contributed by atoms with van der Waals surface area (Å²) < 4.78 is 11.2. The molecule has 5 nitrogen and oxygen atoms in total. The minimum Gasteiger partial charge on any atom is -0.494 e. The largest absolute Gasteiger partial charge is 0.494 e. The first-order chi connectivity index (χ1) is 12.6. The fourth-order valence-corrected chi connectivity index (χ4v) is 2.29. The predicted octanol–water partition coefficient (Wildman–Crippen LogP) is 4.68. The molecule has 0 unspecified atom stereocenters. The monoisotopic (exact) mass is 374 g/mol. The smallest absolute Gasteiger partial charge is 0.271 e.